The van der Waals surface area contributed by atoms with Crippen LogP contribution in [-0.4, -0.2) is 32.8 Å². The van der Waals surface area contributed by atoms with Gasteiger partial charge in [-0.3, -0.25) is 9.59 Å². The van der Waals surface area contributed by atoms with Gasteiger partial charge in [0.2, 0.25) is 5.91 Å². The van der Waals surface area contributed by atoms with Gasteiger partial charge in [0.25, 0.3) is 5.91 Å². The van der Waals surface area contributed by atoms with Crippen molar-refractivity contribution in [3.63, 3.8) is 0 Å². The fourth-order valence-corrected chi connectivity index (χ4v) is 3.34. The topological polar surface area (TPSA) is 114 Å². The van der Waals surface area contributed by atoms with Gasteiger partial charge in [0.05, 0.1) is 22.9 Å². The van der Waals surface area contributed by atoms with Crippen LogP contribution in [0.25, 0.3) is 11.2 Å². The first-order chi connectivity index (χ1) is 11.9. The van der Waals surface area contributed by atoms with Crippen molar-refractivity contribution in [2.75, 3.05) is 0 Å². The Morgan fingerprint density at radius 3 is 2.64 bits per heavy atom. The van der Waals surface area contributed by atoms with E-state index in [9.17, 15) is 9.59 Å². The van der Waals surface area contributed by atoms with Gasteiger partial charge in [-0.1, -0.05) is 0 Å². The molecule has 2 aromatic rings. The number of carbonyl (C=O) groups is 2. The van der Waals surface area contributed by atoms with Crippen molar-refractivity contribution in [2.45, 2.75) is 51.5 Å². The van der Waals surface area contributed by atoms with Crippen molar-refractivity contribution in [1.29, 1.82) is 0 Å². The molecule has 7 heteroatoms. The van der Waals surface area contributed by atoms with E-state index in [1.54, 1.807) is 26.2 Å². The Labute approximate surface area is 145 Å². The van der Waals surface area contributed by atoms with Crippen molar-refractivity contribution < 1.29 is 9.59 Å². The van der Waals surface area contributed by atoms with Crippen molar-refractivity contribution in [2.24, 2.45) is 17.1 Å². The molecule has 0 aliphatic heterocycles. The van der Waals surface area contributed by atoms with E-state index in [-0.39, 0.29) is 11.9 Å². The molecule has 0 bridgehead atoms. The van der Waals surface area contributed by atoms with Crippen LogP contribution >= 0.6 is 0 Å². The van der Waals surface area contributed by atoms with Crippen LogP contribution in [0.1, 0.15) is 61.5 Å². The van der Waals surface area contributed by atoms with Gasteiger partial charge in [0.15, 0.2) is 5.65 Å². The first-order valence-corrected chi connectivity index (χ1v) is 8.82. The highest BCUT2D eigenvalue weighted by molar-refractivity contribution is 6.04. The predicted molar refractivity (Wildman–Crippen MR) is 92.8 cm³/mol. The minimum atomic E-state index is -0.798. The lowest BCUT2D eigenvalue weighted by Gasteiger charge is -2.32. The standard InChI is InChI=1S/C18H23N5O2/c1-18(2,17(19)25)14(10-5-6-10)23-16(24)11-7-20-15-13(11)22-12(8-21-15)9-3-4-9/h7-10,14H,3-6H2,1-2H3,(H2,19,25)(H,20,21)(H,23,24). The van der Waals surface area contributed by atoms with E-state index < -0.39 is 11.3 Å². The van der Waals surface area contributed by atoms with Crippen molar-refractivity contribution in [1.82, 2.24) is 20.3 Å². The van der Waals surface area contributed by atoms with Crippen LogP contribution in [0.5, 0.6) is 0 Å². The molecule has 2 heterocycles. The van der Waals surface area contributed by atoms with Gasteiger partial charge in [-0.2, -0.15) is 0 Å². The van der Waals surface area contributed by atoms with Gasteiger partial charge in [-0.25, -0.2) is 9.97 Å². The van der Waals surface area contributed by atoms with Crippen LogP contribution in [-0.2, 0) is 4.79 Å². The fraction of sp³-hybridized carbons (Fsp3) is 0.556. The van der Waals surface area contributed by atoms with E-state index in [2.05, 4.69) is 20.3 Å². The van der Waals surface area contributed by atoms with E-state index in [1.165, 1.54) is 0 Å². The first-order valence-electron chi connectivity index (χ1n) is 8.82. The minimum Gasteiger partial charge on any atom is -0.369 e. The summed E-state index contributed by atoms with van der Waals surface area (Å²) in [5.74, 6) is 0.125. The van der Waals surface area contributed by atoms with Crippen molar-refractivity contribution in [3.05, 3.63) is 23.7 Å². The molecule has 132 valence electrons. The number of hydrogen-bond acceptors (Lipinski definition) is 4. The highest BCUT2D eigenvalue weighted by Gasteiger charge is 2.45. The number of nitrogens with zero attached hydrogens (tertiary/aromatic N) is 2. The molecule has 7 nitrogen and oxygen atoms in total. The Balaban J connectivity index is 1.62. The molecule has 2 amide bonds. The van der Waals surface area contributed by atoms with Gasteiger partial charge in [0, 0.05) is 18.2 Å². The molecule has 0 spiro atoms. The maximum Gasteiger partial charge on any atom is 0.255 e. The Hall–Kier alpha value is -2.44. The lowest BCUT2D eigenvalue weighted by Crippen LogP contribution is -2.52. The summed E-state index contributed by atoms with van der Waals surface area (Å²) in [5.41, 5.74) is 7.37. The van der Waals surface area contributed by atoms with Crippen molar-refractivity contribution in [3.8, 4) is 0 Å². The van der Waals surface area contributed by atoms with Crippen LogP contribution in [0, 0.1) is 11.3 Å². The molecule has 2 saturated carbocycles. The van der Waals surface area contributed by atoms with Gasteiger partial charge in [-0.15, -0.1) is 0 Å². The molecule has 1 atom stereocenters. The van der Waals surface area contributed by atoms with Gasteiger partial charge < -0.3 is 16.0 Å². The van der Waals surface area contributed by atoms with Crippen LogP contribution in [0.2, 0.25) is 0 Å². The van der Waals surface area contributed by atoms with Gasteiger partial charge in [-0.05, 0) is 45.4 Å². The summed E-state index contributed by atoms with van der Waals surface area (Å²) in [6, 6.07) is -0.276. The van der Waals surface area contributed by atoms with E-state index >= 15 is 0 Å². The smallest absolute Gasteiger partial charge is 0.255 e. The number of nitrogens with one attached hydrogen (secondary N) is 2. The Morgan fingerprint density at radius 2 is 2.04 bits per heavy atom. The molecule has 25 heavy (non-hydrogen) atoms. The Bertz CT molecular complexity index is 848. The lowest BCUT2D eigenvalue weighted by atomic mass is 9.80. The largest absolute Gasteiger partial charge is 0.369 e. The molecule has 0 saturated heterocycles. The van der Waals surface area contributed by atoms with Crippen LogP contribution in [0.15, 0.2) is 12.4 Å². The molecule has 0 radical (unpaired) electrons. The molecule has 2 aliphatic rings. The number of amides is 2. The summed E-state index contributed by atoms with van der Waals surface area (Å²) in [7, 11) is 0. The third-order valence-corrected chi connectivity index (χ3v) is 5.43. The fourth-order valence-electron chi connectivity index (χ4n) is 3.34. The van der Waals surface area contributed by atoms with E-state index in [0.29, 0.717) is 28.6 Å². The second kappa shape index (κ2) is 5.54. The van der Waals surface area contributed by atoms with Crippen LogP contribution in [0.3, 0.4) is 0 Å². The zero-order valence-corrected chi connectivity index (χ0v) is 14.5. The third kappa shape index (κ3) is 2.88. The van der Waals surface area contributed by atoms with Gasteiger partial charge >= 0.3 is 0 Å². The molecule has 0 aromatic carbocycles. The summed E-state index contributed by atoms with van der Waals surface area (Å²) in [6.07, 6.45) is 7.67. The molecular formula is C18H23N5O2. The Morgan fingerprint density at radius 1 is 1.32 bits per heavy atom. The molecule has 1 unspecified atom stereocenters. The second-order valence-electron chi connectivity index (χ2n) is 7.84. The molecule has 4 N–H and O–H groups in total. The minimum absolute atomic E-state index is 0.236. The number of fused-ring (bicyclic) bond motifs is 1. The van der Waals surface area contributed by atoms with Crippen LogP contribution in [0.4, 0.5) is 0 Å². The summed E-state index contributed by atoms with van der Waals surface area (Å²) in [6.45, 7) is 3.58. The van der Waals surface area contributed by atoms with Crippen LogP contribution < -0.4 is 11.1 Å². The predicted octanol–water partition coefficient (Wildman–Crippen LogP) is 1.86. The number of hydrogen-bond donors (Lipinski definition) is 3. The number of aromatic nitrogens is 3. The lowest BCUT2D eigenvalue weighted by molar-refractivity contribution is -0.127. The van der Waals surface area contributed by atoms with E-state index in [1.807, 2.05) is 0 Å². The molecule has 2 aliphatic carbocycles. The zero-order chi connectivity index (χ0) is 17.8. The van der Waals surface area contributed by atoms with Gasteiger partial charge in [0.1, 0.15) is 5.52 Å². The van der Waals surface area contributed by atoms with E-state index in [0.717, 1.165) is 31.4 Å². The SMILES string of the molecule is CC(C)(C(N)=O)C(NC(=O)c1c[nH]c2ncc(C3CC3)nc12)C1CC1. The number of H-pyrrole nitrogens is 1. The highest BCUT2D eigenvalue weighted by Crippen LogP contribution is 2.41. The van der Waals surface area contributed by atoms with E-state index in [4.69, 9.17) is 5.73 Å². The summed E-state index contributed by atoms with van der Waals surface area (Å²) >= 11 is 0. The number of aromatic amines is 1. The molecule has 2 fully saturated rings. The maximum atomic E-state index is 12.9. The third-order valence-electron chi connectivity index (χ3n) is 5.43. The monoisotopic (exact) mass is 341 g/mol. The maximum absolute atomic E-state index is 12.9. The first kappa shape index (κ1) is 16.1. The number of carbonyl (C=O) groups excluding carboxylic acids is 2. The number of primary amides is 1. The molecular weight excluding hydrogens is 318 g/mol. The Kier molecular flexibility index (Phi) is 3.56. The highest BCUT2D eigenvalue weighted by atomic mass is 16.2. The molecule has 2 aromatic heterocycles. The molecule has 4 rings (SSSR count). The second-order valence-corrected chi connectivity index (χ2v) is 7.84. The quantitative estimate of drug-likeness (QED) is 0.744. The van der Waals surface area contributed by atoms with Crippen molar-refractivity contribution >= 4 is 23.0 Å². The normalized spacial score (nSPS) is 19.0. The average molecular weight is 341 g/mol. The summed E-state index contributed by atoms with van der Waals surface area (Å²) in [4.78, 5) is 36.7. The number of rotatable bonds is 6. The summed E-state index contributed by atoms with van der Waals surface area (Å²) in [5, 5.41) is 3.03. The summed E-state index contributed by atoms with van der Waals surface area (Å²) < 4.78 is 0. The zero-order valence-electron chi connectivity index (χ0n) is 14.5. The average Bonchev–Trinajstić information content (AvgIpc) is 3.48. The number of nitrogens with two attached hydrogens (primary N) is 1.